The largest absolute Gasteiger partial charge is 0.387 e. The molecule has 0 aromatic heterocycles. The molecule has 0 amide bonds. The minimum absolute atomic E-state index is 0.392. The van der Waals surface area contributed by atoms with Crippen LogP contribution in [-0.2, 0) is 4.84 Å². The molecule has 1 unspecified atom stereocenters. The number of aliphatic hydroxyl groups is 1. The van der Waals surface area contributed by atoms with Crippen molar-refractivity contribution in [2.24, 2.45) is 5.92 Å². The Morgan fingerprint density at radius 2 is 2.19 bits per heavy atom. The van der Waals surface area contributed by atoms with Crippen LogP contribution in [0, 0.1) is 5.92 Å². The van der Waals surface area contributed by atoms with Crippen molar-refractivity contribution in [1.82, 2.24) is 5.48 Å². The van der Waals surface area contributed by atoms with E-state index >= 15 is 0 Å². The second-order valence-corrected chi connectivity index (χ2v) is 5.04. The Labute approximate surface area is 105 Å². The average molecular weight is 288 g/mol. The van der Waals surface area contributed by atoms with Crippen LogP contribution in [-0.4, -0.2) is 18.3 Å². The van der Waals surface area contributed by atoms with Gasteiger partial charge in [0.1, 0.15) is 0 Å². The lowest BCUT2D eigenvalue weighted by Crippen LogP contribution is -2.23. The summed E-state index contributed by atoms with van der Waals surface area (Å²) in [6.07, 6.45) is -0.551. The van der Waals surface area contributed by atoms with Crippen LogP contribution in [0.25, 0.3) is 0 Å². The van der Waals surface area contributed by atoms with Gasteiger partial charge in [0.25, 0.3) is 0 Å². The van der Waals surface area contributed by atoms with Gasteiger partial charge in [0, 0.05) is 4.47 Å². The lowest BCUT2D eigenvalue weighted by atomic mass is 10.1. The van der Waals surface area contributed by atoms with Crippen molar-refractivity contribution in [2.75, 3.05) is 13.2 Å². The maximum Gasteiger partial charge on any atom is 0.0938 e. The van der Waals surface area contributed by atoms with Gasteiger partial charge < -0.3 is 9.94 Å². The molecule has 0 heterocycles. The van der Waals surface area contributed by atoms with Crippen molar-refractivity contribution in [1.29, 1.82) is 0 Å². The summed E-state index contributed by atoms with van der Waals surface area (Å²) < 4.78 is 0.965. The molecule has 0 aliphatic rings. The SMILES string of the molecule is CC(C)CONCC(O)c1cccc(Br)c1. The third kappa shape index (κ3) is 5.07. The van der Waals surface area contributed by atoms with Gasteiger partial charge in [-0.2, -0.15) is 5.48 Å². The van der Waals surface area contributed by atoms with E-state index in [-0.39, 0.29) is 0 Å². The van der Waals surface area contributed by atoms with Gasteiger partial charge in [-0.25, -0.2) is 0 Å². The van der Waals surface area contributed by atoms with Crippen LogP contribution in [0.1, 0.15) is 25.5 Å². The molecule has 3 nitrogen and oxygen atoms in total. The van der Waals surface area contributed by atoms with Crippen molar-refractivity contribution in [2.45, 2.75) is 20.0 Å². The van der Waals surface area contributed by atoms with Gasteiger partial charge in [-0.3, -0.25) is 0 Å². The van der Waals surface area contributed by atoms with Crippen molar-refractivity contribution in [3.05, 3.63) is 34.3 Å². The minimum atomic E-state index is -0.551. The van der Waals surface area contributed by atoms with Crippen LogP contribution in [0.15, 0.2) is 28.7 Å². The van der Waals surface area contributed by atoms with Crippen LogP contribution in [0.5, 0.6) is 0 Å². The molecule has 16 heavy (non-hydrogen) atoms. The predicted octanol–water partition coefficient (Wildman–Crippen LogP) is 2.66. The highest BCUT2D eigenvalue weighted by Crippen LogP contribution is 2.17. The molecule has 1 atom stereocenters. The van der Waals surface area contributed by atoms with Crippen molar-refractivity contribution < 1.29 is 9.94 Å². The summed E-state index contributed by atoms with van der Waals surface area (Å²) in [4.78, 5) is 5.20. The van der Waals surface area contributed by atoms with E-state index in [1.54, 1.807) is 0 Å². The predicted molar refractivity (Wildman–Crippen MR) is 67.9 cm³/mol. The van der Waals surface area contributed by atoms with Crippen LogP contribution < -0.4 is 5.48 Å². The first-order valence-electron chi connectivity index (χ1n) is 5.37. The van der Waals surface area contributed by atoms with E-state index in [1.807, 2.05) is 24.3 Å². The maximum absolute atomic E-state index is 9.85. The Hall–Kier alpha value is -0.420. The highest BCUT2D eigenvalue weighted by atomic mass is 79.9. The lowest BCUT2D eigenvalue weighted by molar-refractivity contribution is 0.000331. The molecule has 0 saturated carbocycles. The normalized spacial score (nSPS) is 13.1. The average Bonchev–Trinajstić information content (AvgIpc) is 2.24. The molecular formula is C12H18BrNO2. The zero-order chi connectivity index (χ0) is 12.0. The van der Waals surface area contributed by atoms with Crippen LogP contribution in [0.3, 0.4) is 0 Å². The highest BCUT2D eigenvalue weighted by Gasteiger charge is 2.07. The molecule has 0 aliphatic carbocycles. The van der Waals surface area contributed by atoms with Crippen LogP contribution in [0.4, 0.5) is 0 Å². The van der Waals surface area contributed by atoms with Gasteiger partial charge in [-0.05, 0) is 23.6 Å². The summed E-state index contributed by atoms with van der Waals surface area (Å²) in [5.74, 6) is 0.482. The smallest absolute Gasteiger partial charge is 0.0938 e. The first-order valence-corrected chi connectivity index (χ1v) is 6.17. The van der Waals surface area contributed by atoms with E-state index in [0.29, 0.717) is 19.1 Å². The molecule has 0 radical (unpaired) electrons. The molecule has 0 saturated heterocycles. The third-order valence-electron chi connectivity index (χ3n) is 2.03. The topological polar surface area (TPSA) is 41.5 Å². The number of rotatable bonds is 6. The lowest BCUT2D eigenvalue weighted by Gasteiger charge is -2.13. The Morgan fingerprint density at radius 3 is 2.81 bits per heavy atom. The van der Waals surface area contributed by atoms with Crippen molar-refractivity contribution in [3.8, 4) is 0 Å². The van der Waals surface area contributed by atoms with E-state index in [9.17, 15) is 5.11 Å². The first kappa shape index (κ1) is 13.6. The van der Waals surface area contributed by atoms with Crippen LogP contribution in [0.2, 0.25) is 0 Å². The zero-order valence-corrected chi connectivity index (χ0v) is 11.2. The third-order valence-corrected chi connectivity index (χ3v) is 2.52. The van der Waals surface area contributed by atoms with Crippen molar-refractivity contribution >= 4 is 15.9 Å². The van der Waals surface area contributed by atoms with Crippen molar-refractivity contribution in [3.63, 3.8) is 0 Å². The number of hydrogen-bond acceptors (Lipinski definition) is 3. The monoisotopic (exact) mass is 287 g/mol. The molecule has 2 N–H and O–H groups in total. The second-order valence-electron chi connectivity index (χ2n) is 4.12. The van der Waals surface area contributed by atoms with Gasteiger partial charge in [0.05, 0.1) is 19.3 Å². The van der Waals surface area contributed by atoms with E-state index in [4.69, 9.17) is 4.84 Å². The number of hydrogen-bond donors (Lipinski definition) is 2. The highest BCUT2D eigenvalue weighted by molar-refractivity contribution is 9.10. The van der Waals surface area contributed by atoms with Gasteiger partial charge in [0.15, 0.2) is 0 Å². The maximum atomic E-state index is 9.85. The van der Waals surface area contributed by atoms with E-state index in [0.717, 1.165) is 10.0 Å². The number of nitrogens with one attached hydrogen (secondary N) is 1. The number of benzene rings is 1. The summed E-state index contributed by atoms with van der Waals surface area (Å²) >= 11 is 3.37. The standard InChI is InChI=1S/C12H18BrNO2/c1-9(2)8-16-14-7-12(15)10-4-3-5-11(13)6-10/h3-6,9,12,14-15H,7-8H2,1-2H3. The van der Waals surface area contributed by atoms with Gasteiger partial charge >= 0.3 is 0 Å². The number of aliphatic hydroxyl groups excluding tert-OH is 1. The van der Waals surface area contributed by atoms with E-state index < -0.39 is 6.10 Å². The molecule has 0 bridgehead atoms. The zero-order valence-electron chi connectivity index (χ0n) is 9.61. The summed E-state index contributed by atoms with van der Waals surface area (Å²) in [5, 5.41) is 9.85. The number of halogens is 1. The second kappa shape index (κ2) is 7.01. The van der Waals surface area contributed by atoms with Gasteiger partial charge in [-0.15, -0.1) is 0 Å². The molecular weight excluding hydrogens is 270 g/mol. The van der Waals surface area contributed by atoms with Gasteiger partial charge in [0.2, 0.25) is 0 Å². The molecule has 1 rings (SSSR count). The molecule has 90 valence electrons. The molecule has 1 aromatic carbocycles. The van der Waals surface area contributed by atoms with Crippen LogP contribution >= 0.6 is 15.9 Å². The summed E-state index contributed by atoms with van der Waals surface area (Å²) in [5.41, 5.74) is 3.64. The minimum Gasteiger partial charge on any atom is -0.387 e. The Bertz CT molecular complexity index is 318. The Balaban J connectivity index is 2.32. The summed E-state index contributed by atoms with van der Waals surface area (Å²) in [6, 6.07) is 7.62. The summed E-state index contributed by atoms with van der Waals surface area (Å²) in [7, 11) is 0. The summed E-state index contributed by atoms with van der Waals surface area (Å²) in [6.45, 7) is 5.19. The molecule has 0 aliphatic heterocycles. The Morgan fingerprint density at radius 1 is 1.44 bits per heavy atom. The van der Waals surface area contributed by atoms with E-state index in [1.165, 1.54) is 0 Å². The fraction of sp³-hybridized carbons (Fsp3) is 0.500. The Kier molecular flexibility index (Phi) is 5.98. The molecule has 4 heteroatoms. The van der Waals surface area contributed by atoms with E-state index in [2.05, 4.69) is 35.3 Å². The fourth-order valence-electron chi connectivity index (χ4n) is 1.20. The first-order chi connectivity index (χ1) is 7.59. The molecule has 0 spiro atoms. The quantitative estimate of drug-likeness (QED) is 0.624. The fourth-order valence-corrected chi connectivity index (χ4v) is 1.61. The molecule has 0 fully saturated rings. The molecule has 1 aromatic rings. The van der Waals surface area contributed by atoms with Gasteiger partial charge in [-0.1, -0.05) is 41.9 Å². The number of hydroxylamine groups is 1.